The average molecular weight is 380 g/mol. The fourth-order valence-corrected chi connectivity index (χ4v) is 2.36. The highest BCUT2D eigenvalue weighted by Gasteiger charge is 2.86. The van der Waals surface area contributed by atoms with E-state index < -0.39 is 43.8 Å². The molecular weight excluding hydrogens is 379 g/mol. The average Bonchev–Trinajstić information content (AvgIpc) is 2.10. The summed E-state index contributed by atoms with van der Waals surface area (Å²) in [5, 5.41) is -7.35. The Bertz CT molecular complexity index is 601. The fraction of sp³-hybridized carbons (Fsp3) is 1.00. The second-order valence-electron chi connectivity index (χ2n) is 3.11. The highest BCUT2D eigenvalue weighted by molar-refractivity contribution is 7.98. The molecule has 17 heteroatoms. The number of alkyl halides is 9. The van der Waals surface area contributed by atoms with E-state index in [-0.39, 0.29) is 0 Å². The Balaban J connectivity index is 6.14. The van der Waals surface area contributed by atoms with Gasteiger partial charge in [-0.2, -0.15) is 56.3 Å². The van der Waals surface area contributed by atoms with Crippen molar-refractivity contribution >= 4 is 20.5 Å². The van der Waals surface area contributed by atoms with Crippen LogP contribution in [0.15, 0.2) is 0 Å². The predicted octanol–water partition coefficient (Wildman–Crippen LogP) is 1.56. The molecule has 0 saturated heterocycles. The summed E-state index contributed by atoms with van der Waals surface area (Å²) in [6, 6.07) is 0. The Morgan fingerprint density at radius 3 is 1.29 bits per heavy atom. The normalized spacial score (nSPS) is 16.1. The smallest absolute Gasteiger partial charge is 0.263 e. The first kappa shape index (κ1) is 20.2. The van der Waals surface area contributed by atoms with E-state index in [2.05, 4.69) is 3.63 Å². The van der Waals surface area contributed by atoms with Gasteiger partial charge < -0.3 is 0 Å². The maximum atomic E-state index is 12.7. The standard InChI is InChI=1S/C4HF9O6S2/c5-1(6,3(9,10)11)2(7,8)4(12,13)20(14,15)19-21(16,17)18/h(H,16,17,18). The van der Waals surface area contributed by atoms with Gasteiger partial charge in [-0.15, -0.1) is 3.63 Å². The maximum Gasteiger partial charge on any atom is 0.460 e. The van der Waals surface area contributed by atoms with Crippen molar-refractivity contribution in [3.05, 3.63) is 0 Å². The SMILES string of the molecule is O=S(=O)(O)OS(=O)(=O)C(F)(F)C(F)(F)C(F)(F)C(F)(F)F. The lowest BCUT2D eigenvalue weighted by Gasteiger charge is -2.32. The Morgan fingerprint density at radius 2 is 1.05 bits per heavy atom. The molecule has 1 N–H and O–H groups in total. The van der Waals surface area contributed by atoms with E-state index in [1.54, 1.807) is 0 Å². The summed E-state index contributed by atoms with van der Waals surface area (Å²) in [6.07, 6.45) is -7.31. The van der Waals surface area contributed by atoms with Gasteiger partial charge in [0.1, 0.15) is 0 Å². The van der Waals surface area contributed by atoms with Crippen LogP contribution >= 0.6 is 0 Å². The largest absolute Gasteiger partial charge is 0.460 e. The lowest BCUT2D eigenvalue weighted by molar-refractivity contribution is -0.382. The molecule has 0 aliphatic heterocycles. The molecule has 0 atom stereocenters. The third kappa shape index (κ3) is 3.34. The van der Waals surface area contributed by atoms with Crippen molar-refractivity contribution in [2.24, 2.45) is 0 Å². The van der Waals surface area contributed by atoms with E-state index in [4.69, 9.17) is 4.55 Å². The molecule has 0 bridgehead atoms. The molecule has 0 aliphatic rings. The monoisotopic (exact) mass is 380 g/mol. The van der Waals surface area contributed by atoms with Gasteiger partial charge in [-0.1, -0.05) is 0 Å². The number of hydrogen-bond donors (Lipinski definition) is 1. The van der Waals surface area contributed by atoms with Crippen molar-refractivity contribution in [3.8, 4) is 0 Å². The van der Waals surface area contributed by atoms with Crippen molar-refractivity contribution in [2.45, 2.75) is 23.3 Å². The predicted molar refractivity (Wildman–Crippen MR) is 42.4 cm³/mol. The topological polar surface area (TPSA) is 97.7 Å². The quantitative estimate of drug-likeness (QED) is 0.574. The molecule has 0 aliphatic carbocycles. The highest BCUT2D eigenvalue weighted by Crippen LogP contribution is 2.55. The molecule has 0 spiro atoms. The molecule has 0 aromatic carbocycles. The molecule has 0 unspecified atom stereocenters. The summed E-state index contributed by atoms with van der Waals surface area (Å²) in [6.45, 7) is 0. The van der Waals surface area contributed by atoms with Crippen LogP contribution in [0.5, 0.6) is 0 Å². The minimum atomic E-state index is -7.65. The highest BCUT2D eigenvalue weighted by atomic mass is 32.3. The molecule has 0 amide bonds. The first-order chi connectivity index (χ1) is 8.71. The molecule has 0 aromatic rings. The van der Waals surface area contributed by atoms with Crippen molar-refractivity contribution in [2.75, 3.05) is 0 Å². The first-order valence-corrected chi connectivity index (χ1v) is 6.61. The van der Waals surface area contributed by atoms with E-state index in [1.807, 2.05) is 0 Å². The van der Waals surface area contributed by atoms with Gasteiger partial charge in [0.15, 0.2) is 0 Å². The molecule has 0 aromatic heterocycles. The van der Waals surface area contributed by atoms with Gasteiger partial charge >= 0.3 is 43.8 Å². The molecule has 0 heterocycles. The summed E-state index contributed by atoms with van der Waals surface area (Å²) in [5.74, 6) is -15.2. The molecular formula is C4HF9O6S2. The van der Waals surface area contributed by atoms with Crippen LogP contribution in [0.1, 0.15) is 0 Å². The van der Waals surface area contributed by atoms with Gasteiger partial charge in [0.05, 0.1) is 0 Å². The maximum absolute atomic E-state index is 12.7. The first-order valence-electron chi connectivity index (χ1n) is 3.84. The number of hydrogen-bond acceptors (Lipinski definition) is 5. The zero-order valence-electron chi connectivity index (χ0n) is 8.71. The van der Waals surface area contributed by atoms with Gasteiger partial charge in [-0.3, -0.25) is 4.55 Å². The third-order valence-corrected chi connectivity index (χ3v) is 3.89. The van der Waals surface area contributed by atoms with E-state index >= 15 is 0 Å². The molecule has 0 saturated carbocycles. The van der Waals surface area contributed by atoms with E-state index in [0.717, 1.165) is 0 Å². The van der Waals surface area contributed by atoms with E-state index in [1.165, 1.54) is 0 Å². The molecule has 128 valence electrons. The van der Waals surface area contributed by atoms with Gasteiger partial charge in [0.2, 0.25) is 0 Å². The summed E-state index contributed by atoms with van der Waals surface area (Å²) in [4.78, 5) is 0. The Hall–Kier alpha value is -0.810. The Morgan fingerprint density at radius 1 is 0.714 bits per heavy atom. The van der Waals surface area contributed by atoms with Crippen LogP contribution in [0.2, 0.25) is 0 Å². The molecule has 6 nitrogen and oxygen atoms in total. The van der Waals surface area contributed by atoms with Crippen LogP contribution in [0, 0.1) is 0 Å². The second-order valence-corrected chi connectivity index (χ2v) is 5.93. The minimum Gasteiger partial charge on any atom is -0.263 e. The molecule has 0 fully saturated rings. The lowest BCUT2D eigenvalue weighted by Crippen LogP contribution is -2.63. The zero-order valence-corrected chi connectivity index (χ0v) is 10.3. The fourth-order valence-electron chi connectivity index (χ4n) is 0.674. The van der Waals surface area contributed by atoms with E-state index in [0.29, 0.717) is 0 Å². The molecule has 0 rings (SSSR count). The van der Waals surface area contributed by atoms with Crippen molar-refractivity contribution < 1.29 is 64.5 Å². The van der Waals surface area contributed by atoms with Crippen LogP contribution in [-0.4, -0.2) is 44.7 Å². The van der Waals surface area contributed by atoms with Crippen LogP contribution < -0.4 is 0 Å². The van der Waals surface area contributed by atoms with Crippen molar-refractivity contribution in [1.29, 1.82) is 0 Å². The lowest BCUT2D eigenvalue weighted by atomic mass is 10.1. The summed E-state index contributed by atoms with van der Waals surface area (Å²) in [7, 11) is -14.1. The molecule has 21 heavy (non-hydrogen) atoms. The van der Waals surface area contributed by atoms with Crippen LogP contribution in [0.4, 0.5) is 39.5 Å². The number of rotatable bonds is 5. The summed E-state index contributed by atoms with van der Waals surface area (Å²) < 4.78 is 160. The van der Waals surface area contributed by atoms with E-state index in [9.17, 15) is 56.3 Å². The summed E-state index contributed by atoms with van der Waals surface area (Å²) in [5.41, 5.74) is 0. The van der Waals surface area contributed by atoms with Crippen LogP contribution in [0.25, 0.3) is 0 Å². The molecule has 0 radical (unpaired) electrons. The van der Waals surface area contributed by atoms with Crippen molar-refractivity contribution in [1.82, 2.24) is 0 Å². The Kier molecular flexibility index (Phi) is 4.66. The third-order valence-electron chi connectivity index (χ3n) is 1.61. The summed E-state index contributed by atoms with van der Waals surface area (Å²) >= 11 is 0. The number of halogens is 9. The van der Waals surface area contributed by atoms with Gasteiger partial charge in [0, 0.05) is 0 Å². The zero-order chi connectivity index (χ0) is 17.7. The second kappa shape index (κ2) is 4.85. The minimum absolute atomic E-state index is 2.05. The van der Waals surface area contributed by atoms with Crippen LogP contribution in [0.3, 0.4) is 0 Å². The van der Waals surface area contributed by atoms with Gasteiger partial charge in [-0.25, -0.2) is 0 Å². The van der Waals surface area contributed by atoms with Gasteiger partial charge in [0.25, 0.3) is 0 Å². The Labute approximate surface area is 109 Å². The van der Waals surface area contributed by atoms with Crippen LogP contribution in [-0.2, 0) is 24.1 Å². The van der Waals surface area contributed by atoms with Gasteiger partial charge in [-0.05, 0) is 0 Å². The van der Waals surface area contributed by atoms with Crippen molar-refractivity contribution in [3.63, 3.8) is 0 Å².